The van der Waals surface area contributed by atoms with Crippen molar-refractivity contribution in [2.24, 2.45) is 11.8 Å². The summed E-state index contributed by atoms with van der Waals surface area (Å²) in [6.45, 7) is 1.93. The fourth-order valence-corrected chi connectivity index (χ4v) is 1.88. The highest BCUT2D eigenvalue weighted by molar-refractivity contribution is 6.33. The first-order valence-electron chi connectivity index (χ1n) is 5.37. The molecule has 3 nitrogen and oxygen atoms in total. The van der Waals surface area contributed by atoms with Gasteiger partial charge in [0.05, 0.1) is 10.7 Å². The molecule has 2 N–H and O–H groups in total. The fourth-order valence-electron chi connectivity index (χ4n) is 1.66. The summed E-state index contributed by atoms with van der Waals surface area (Å²) in [5.74, 6) is 0.647. The van der Waals surface area contributed by atoms with Gasteiger partial charge in [-0.1, -0.05) is 18.5 Å². The Morgan fingerprint density at radius 3 is 2.81 bits per heavy atom. The fraction of sp³-hybridized carbons (Fsp3) is 0.417. The minimum absolute atomic E-state index is 0.00455. The normalized spacial score (nSPS) is 16.9. The van der Waals surface area contributed by atoms with Crippen molar-refractivity contribution in [3.8, 4) is 5.75 Å². The standard InChI is InChI=1S/C12H14ClNO2/c1-7(8-2-3-8)12(16)14-11-5-4-9(15)6-10(11)13/h4-8,15H,2-3H2,1H3,(H,14,16). The highest BCUT2D eigenvalue weighted by Crippen LogP contribution is 2.37. The molecule has 0 aliphatic heterocycles. The first kappa shape index (κ1) is 11.3. The molecule has 1 fully saturated rings. The van der Waals surface area contributed by atoms with Crippen LogP contribution in [-0.4, -0.2) is 11.0 Å². The maximum absolute atomic E-state index is 11.8. The Hall–Kier alpha value is -1.22. The molecule has 1 aromatic rings. The van der Waals surface area contributed by atoms with E-state index in [1.165, 1.54) is 12.1 Å². The van der Waals surface area contributed by atoms with Gasteiger partial charge in [0.1, 0.15) is 5.75 Å². The van der Waals surface area contributed by atoms with E-state index in [4.69, 9.17) is 11.6 Å². The molecule has 1 aliphatic carbocycles. The number of halogens is 1. The summed E-state index contributed by atoms with van der Waals surface area (Å²) < 4.78 is 0. The van der Waals surface area contributed by atoms with Crippen LogP contribution < -0.4 is 5.32 Å². The SMILES string of the molecule is CC(C(=O)Nc1ccc(O)cc1Cl)C1CC1. The van der Waals surface area contributed by atoms with E-state index in [9.17, 15) is 9.90 Å². The van der Waals surface area contributed by atoms with Crippen LogP contribution in [0.4, 0.5) is 5.69 Å². The first-order chi connectivity index (χ1) is 7.58. The van der Waals surface area contributed by atoms with Crippen LogP contribution in [0.1, 0.15) is 19.8 Å². The van der Waals surface area contributed by atoms with Crippen LogP contribution in [0, 0.1) is 11.8 Å². The molecule has 0 radical (unpaired) electrons. The predicted molar refractivity (Wildman–Crippen MR) is 63.6 cm³/mol. The van der Waals surface area contributed by atoms with E-state index >= 15 is 0 Å². The molecule has 0 heterocycles. The van der Waals surface area contributed by atoms with Crippen LogP contribution in [0.3, 0.4) is 0 Å². The third kappa shape index (κ3) is 2.47. The molecule has 1 unspecified atom stereocenters. The van der Waals surface area contributed by atoms with Gasteiger partial charge in [0, 0.05) is 12.0 Å². The molecule has 0 bridgehead atoms. The smallest absolute Gasteiger partial charge is 0.227 e. The number of anilines is 1. The summed E-state index contributed by atoms with van der Waals surface area (Å²) in [6.07, 6.45) is 2.27. The molecule has 1 atom stereocenters. The average molecular weight is 240 g/mol. The summed E-state index contributed by atoms with van der Waals surface area (Å²) in [7, 11) is 0. The summed E-state index contributed by atoms with van der Waals surface area (Å²) in [6, 6.07) is 4.53. The zero-order valence-corrected chi connectivity index (χ0v) is 9.79. The number of nitrogens with one attached hydrogen (secondary N) is 1. The molecular weight excluding hydrogens is 226 g/mol. The van der Waals surface area contributed by atoms with E-state index in [0.29, 0.717) is 16.6 Å². The van der Waals surface area contributed by atoms with E-state index in [1.807, 2.05) is 6.92 Å². The maximum atomic E-state index is 11.8. The van der Waals surface area contributed by atoms with Crippen molar-refractivity contribution in [2.75, 3.05) is 5.32 Å². The Balaban J connectivity index is 2.05. The molecule has 4 heteroatoms. The van der Waals surface area contributed by atoms with Crippen LogP contribution in [0.2, 0.25) is 5.02 Å². The van der Waals surface area contributed by atoms with E-state index in [1.54, 1.807) is 6.07 Å². The van der Waals surface area contributed by atoms with Crippen molar-refractivity contribution in [3.05, 3.63) is 23.2 Å². The molecule has 2 rings (SSSR count). The molecule has 16 heavy (non-hydrogen) atoms. The number of phenolic OH excluding ortho intramolecular Hbond substituents is 1. The lowest BCUT2D eigenvalue weighted by atomic mass is 10.1. The van der Waals surface area contributed by atoms with E-state index in [0.717, 1.165) is 12.8 Å². The minimum atomic E-state index is -0.00455. The monoisotopic (exact) mass is 239 g/mol. The molecule has 0 spiro atoms. The van der Waals surface area contributed by atoms with Crippen molar-refractivity contribution in [1.82, 2.24) is 0 Å². The maximum Gasteiger partial charge on any atom is 0.227 e. The van der Waals surface area contributed by atoms with Gasteiger partial charge in [-0.15, -0.1) is 0 Å². The number of hydrogen-bond acceptors (Lipinski definition) is 2. The molecule has 0 saturated heterocycles. The Bertz CT molecular complexity index is 415. The highest BCUT2D eigenvalue weighted by atomic mass is 35.5. The van der Waals surface area contributed by atoms with Crippen molar-refractivity contribution in [3.63, 3.8) is 0 Å². The average Bonchev–Trinajstić information content (AvgIpc) is 3.04. The van der Waals surface area contributed by atoms with Crippen molar-refractivity contribution >= 4 is 23.2 Å². The quantitative estimate of drug-likeness (QED) is 0.797. The number of hydrogen-bond donors (Lipinski definition) is 2. The van der Waals surface area contributed by atoms with Crippen molar-refractivity contribution in [1.29, 1.82) is 0 Å². The van der Waals surface area contributed by atoms with Gasteiger partial charge in [-0.25, -0.2) is 0 Å². The zero-order chi connectivity index (χ0) is 11.7. The molecule has 1 saturated carbocycles. The van der Waals surface area contributed by atoms with Crippen molar-refractivity contribution in [2.45, 2.75) is 19.8 Å². The summed E-state index contributed by atoms with van der Waals surface area (Å²) in [5, 5.41) is 12.3. The molecule has 0 aromatic heterocycles. The molecule has 1 amide bonds. The summed E-state index contributed by atoms with van der Waals surface area (Å²) >= 11 is 5.90. The molecule has 1 aromatic carbocycles. The number of phenols is 1. The summed E-state index contributed by atoms with van der Waals surface area (Å²) in [4.78, 5) is 11.8. The number of benzene rings is 1. The van der Waals surface area contributed by atoms with Gasteiger partial charge in [0.25, 0.3) is 0 Å². The van der Waals surface area contributed by atoms with E-state index in [-0.39, 0.29) is 17.6 Å². The van der Waals surface area contributed by atoms with E-state index < -0.39 is 0 Å². The van der Waals surface area contributed by atoms with Crippen LogP contribution >= 0.6 is 11.6 Å². The second-order valence-electron chi connectivity index (χ2n) is 4.28. The number of amides is 1. The Morgan fingerprint density at radius 1 is 1.56 bits per heavy atom. The van der Waals surface area contributed by atoms with E-state index in [2.05, 4.69) is 5.32 Å². The minimum Gasteiger partial charge on any atom is -0.508 e. The van der Waals surface area contributed by atoms with Crippen LogP contribution in [0.5, 0.6) is 5.75 Å². The number of aromatic hydroxyl groups is 1. The molecular formula is C12H14ClNO2. The topological polar surface area (TPSA) is 49.3 Å². The first-order valence-corrected chi connectivity index (χ1v) is 5.75. The van der Waals surface area contributed by atoms with Gasteiger partial charge in [0.2, 0.25) is 5.91 Å². The Labute approximate surface area is 99.4 Å². The van der Waals surface area contributed by atoms with Gasteiger partial charge in [-0.2, -0.15) is 0 Å². The number of rotatable bonds is 3. The second kappa shape index (κ2) is 4.34. The van der Waals surface area contributed by atoms with Gasteiger partial charge in [-0.05, 0) is 30.9 Å². The van der Waals surface area contributed by atoms with Gasteiger partial charge in [-0.3, -0.25) is 4.79 Å². The third-order valence-corrected chi connectivity index (χ3v) is 3.27. The van der Waals surface area contributed by atoms with Gasteiger partial charge in [0.15, 0.2) is 0 Å². The Morgan fingerprint density at radius 2 is 2.25 bits per heavy atom. The Kier molecular flexibility index (Phi) is 3.06. The van der Waals surface area contributed by atoms with Crippen LogP contribution in [0.25, 0.3) is 0 Å². The summed E-state index contributed by atoms with van der Waals surface area (Å²) in [5.41, 5.74) is 0.553. The van der Waals surface area contributed by atoms with Gasteiger partial charge >= 0.3 is 0 Å². The number of carbonyl (C=O) groups is 1. The largest absolute Gasteiger partial charge is 0.508 e. The predicted octanol–water partition coefficient (Wildman–Crippen LogP) is 3.03. The van der Waals surface area contributed by atoms with Crippen LogP contribution in [0.15, 0.2) is 18.2 Å². The van der Waals surface area contributed by atoms with Crippen LogP contribution in [-0.2, 0) is 4.79 Å². The molecule has 1 aliphatic rings. The number of carbonyl (C=O) groups excluding carboxylic acids is 1. The lowest BCUT2D eigenvalue weighted by Crippen LogP contribution is -2.21. The van der Waals surface area contributed by atoms with Gasteiger partial charge < -0.3 is 10.4 Å². The second-order valence-corrected chi connectivity index (χ2v) is 4.69. The highest BCUT2D eigenvalue weighted by Gasteiger charge is 2.32. The van der Waals surface area contributed by atoms with Crippen molar-refractivity contribution < 1.29 is 9.90 Å². The lowest BCUT2D eigenvalue weighted by Gasteiger charge is -2.12. The third-order valence-electron chi connectivity index (χ3n) is 2.95. The molecule has 86 valence electrons. The lowest BCUT2D eigenvalue weighted by molar-refractivity contribution is -0.119. The zero-order valence-electron chi connectivity index (χ0n) is 9.03.